The number of hydrogen-bond donors (Lipinski definition) is 1. The Hall–Kier alpha value is -3.20. The standard InChI is InChI=1S/C24H21F2N3O6S3/c1-24(25,26)38(34,35)28-20-12-9-16-14-18(10-11-19(16)20)36(30,31)23-15-17-6-2-3-7-21(17)29(23)37(32,33)22-8-4-5-13-27-22/h2-8,10-11,13-15,20,28H,9,12H2,1H3. The highest BCUT2D eigenvalue weighted by Gasteiger charge is 2.42. The monoisotopic (exact) mass is 581 g/mol. The lowest BCUT2D eigenvalue weighted by atomic mass is 10.1. The van der Waals surface area contributed by atoms with Crippen molar-refractivity contribution in [3.63, 3.8) is 0 Å². The Morgan fingerprint density at radius 1 is 0.947 bits per heavy atom. The molecule has 0 amide bonds. The minimum atomic E-state index is -4.95. The fourth-order valence-electron chi connectivity index (χ4n) is 4.43. The maximum atomic E-state index is 13.8. The molecule has 5 rings (SSSR count). The largest absolute Gasteiger partial charge is 0.356 e. The number of alkyl halides is 2. The summed E-state index contributed by atoms with van der Waals surface area (Å²) in [7, 11) is -13.8. The van der Waals surface area contributed by atoms with E-state index in [4.69, 9.17) is 0 Å². The number of pyridine rings is 1. The van der Waals surface area contributed by atoms with Gasteiger partial charge in [-0.3, -0.25) is 0 Å². The first-order chi connectivity index (χ1) is 17.7. The molecule has 2 heterocycles. The third-order valence-electron chi connectivity index (χ3n) is 6.32. The predicted octanol–water partition coefficient (Wildman–Crippen LogP) is 3.63. The second-order valence-corrected chi connectivity index (χ2v) is 14.5. The highest BCUT2D eigenvalue weighted by Crippen LogP contribution is 2.37. The van der Waals surface area contributed by atoms with Crippen LogP contribution in [0.25, 0.3) is 10.9 Å². The summed E-state index contributed by atoms with van der Waals surface area (Å²) in [6, 6.07) is 14.8. The Kier molecular flexibility index (Phi) is 6.21. The van der Waals surface area contributed by atoms with Crippen LogP contribution in [0.4, 0.5) is 8.78 Å². The molecule has 0 spiro atoms. The molecule has 1 aliphatic carbocycles. The second-order valence-electron chi connectivity index (χ2n) is 8.86. The summed E-state index contributed by atoms with van der Waals surface area (Å²) in [5, 5.41) is -4.45. The van der Waals surface area contributed by atoms with Gasteiger partial charge in [0.2, 0.25) is 9.84 Å². The number of sulfone groups is 1. The summed E-state index contributed by atoms with van der Waals surface area (Å²) in [4.78, 5) is 3.68. The third-order valence-corrected chi connectivity index (χ3v) is 11.3. The van der Waals surface area contributed by atoms with E-state index in [1.54, 1.807) is 18.2 Å². The van der Waals surface area contributed by atoms with Crippen molar-refractivity contribution in [3.8, 4) is 0 Å². The summed E-state index contributed by atoms with van der Waals surface area (Å²) >= 11 is 0. The number of nitrogens with zero attached hydrogens (tertiary/aromatic N) is 2. The molecular formula is C24H21F2N3O6S3. The average Bonchev–Trinajstić information content (AvgIpc) is 3.46. The van der Waals surface area contributed by atoms with E-state index in [9.17, 15) is 34.0 Å². The molecule has 0 fully saturated rings. The maximum absolute atomic E-state index is 13.8. The number of hydrogen-bond acceptors (Lipinski definition) is 7. The molecule has 1 aliphatic rings. The van der Waals surface area contributed by atoms with Gasteiger partial charge in [-0.25, -0.2) is 30.5 Å². The molecule has 9 nitrogen and oxygen atoms in total. The van der Waals surface area contributed by atoms with Crippen molar-refractivity contribution in [2.24, 2.45) is 0 Å². The third kappa shape index (κ3) is 4.30. The summed E-state index contributed by atoms with van der Waals surface area (Å²) in [6.45, 7) is 0.277. The van der Waals surface area contributed by atoms with Gasteiger partial charge in [0.25, 0.3) is 20.0 Å². The van der Waals surface area contributed by atoms with Crippen molar-refractivity contribution in [1.82, 2.24) is 13.7 Å². The lowest BCUT2D eigenvalue weighted by Gasteiger charge is -2.18. The molecule has 2 aromatic heterocycles. The van der Waals surface area contributed by atoms with Gasteiger partial charge in [0.05, 0.1) is 10.4 Å². The van der Waals surface area contributed by atoms with Gasteiger partial charge >= 0.3 is 5.25 Å². The molecule has 4 aromatic rings. The summed E-state index contributed by atoms with van der Waals surface area (Å²) in [5.41, 5.74) is 0.972. The number of sulfonamides is 1. The van der Waals surface area contributed by atoms with Crippen molar-refractivity contribution in [2.75, 3.05) is 0 Å². The van der Waals surface area contributed by atoms with E-state index in [1.807, 2.05) is 4.72 Å². The number of fused-ring (bicyclic) bond motifs is 2. The lowest BCUT2D eigenvalue weighted by Crippen LogP contribution is -2.39. The molecule has 1 N–H and O–H groups in total. The van der Waals surface area contributed by atoms with Crippen molar-refractivity contribution < 1.29 is 34.0 Å². The number of nitrogens with one attached hydrogen (secondary N) is 1. The molecular weight excluding hydrogens is 560 g/mol. The van der Waals surface area contributed by atoms with Crippen LogP contribution in [-0.4, -0.2) is 39.5 Å². The van der Waals surface area contributed by atoms with Crippen LogP contribution in [0.1, 0.15) is 30.5 Å². The number of para-hydroxylation sites is 1. The topological polar surface area (TPSA) is 132 Å². The first-order valence-electron chi connectivity index (χ1n) is 11.3. The van der Waals surface area contributed by atoms with Gasteiger partial charge in [-0.2, -0.15) is 17.2 Å². The number of halogens is 2. The van der Waals surface area contributed by atoms with E-state index in [0.29, 0.717) is 16.5 Å². The Morgan fingerprint density at radius 3 is 2.34 bits per heavy atom. The Morgan fingerprint density at radius 2 is 1.66 bits per heavy atom. The molecule has 0 aliphatic heterocycles. The van der Waals surface area contributed by atoms with Crippen molar-refractivity contribution in [1.29, 1.82) is 0 Å². The zero-order valence-electron chi connectivity index (χ0n) is 19.7. The smallest absolute Gasteiger partial charge is 0.243 e. The van der Waals surface area contributed by atoms with Crippen LogP contribution in [0.5, 0.6) is 0 Å². The quantitative estimate of drug-likeness (QED) is 0.353. The summed E-state index contributed by atoms with van der Waals surface area (Å²) in [6.07, 6.45) is 1.67. The van der Waals surface area contributed by atoms with Crippen LogP contribution in [0, 0.1) is 0 Å². The Balaban J connectivity index is 1.61. The number of aryl methyl sites for hydroxylation is 1. The minimum absolute atomic E-state index is 0.146. The van der Waals surface area contributed by atoms with Crippen LogP contribution < -0.4 is 4.72 Å². The van der Waals surface area contributed by atoms with Gasteiger partial charge < -0.3 is 0 Å². The average molecular weight is 582 g/mol. The van der Waals surface area contributed by atoms with E-state index in [1.165, 1.54) is 54.7 Å². The molecule has 200 valence electrons. The fraction of sp³-hybridized carbons (Fsp3) is 0.208. The fourth-order valence-corrected chi connectivity index (χ4v) is 8.57. The van der Waals surface area contributed by atoms with E-state index < -0.39 is 46.2 Å². The molecule has 1 unspecified atom stereocenters. The second kappa shape index (κ2) is 8.93. The number of rotatable bonds is 7. The highest BCUT2D eigenvalue weighted by atomic mass is 32.2. The van der Waals surface area contributed by atoms with Crippen molar-refractivity contribution in [3.05, 3.63) is 84.1 Å². The number of aromatic nitrogens is 2. The lowest BCUT2D eigenvalue weighted by molar-refractivity contribution is 0.112. The SMILES string of the molecule is CC(F)(F)S(=O)(=O)NC1CCc2cc(S(=O)(=O)c3cc4ccccc4n3S(=O)(=O)c3ccccn3)ccc21. The normalized spacial score (nSPS) is 16.6. The first kappa shape index (κ1) is 26.4. The zero-order valence-corrected chi connectivity index (χ0v) is 22.2. The van der Waals surface area contributed by atoms with Gasteiger partial charge in [0, 0.05) is 24.5 Å². The van der Waals surface area contributed by atoms with Crippen molar-refractivity contribution >= 4 is 40.8 Å². The molecule has 14 heteroatoms. The Bertz CT molecular complexity index is 1880. The molecule has 0 bridgehead atoms. The van der Waals surface area contributed by atoms with E-state index in [-0.39, 0.29) is 35.2 Å². The van der Waals surface area contributed by atoms with Crippen LogP contribution in [0.3, 0.4) is 0 Å². The predicted molar refractivity (Wildman–Crippen MR) is 134 cm³/mol. The molecule has 0 saturated heterocycles. The molecule has 0 saturated carbocycles. The molecule has 2 aromatic carbocycles. The molecule has 0 radical (unpaired) electrons. The van der Waals surface area contributed by atoms with Gasteiger partial charge in [0.15, 0.2) is 10.1 Å². The van der Waals surface area contributed by atoms with Crippen LogP contribution >= 0.6 is 0 Å². The van der Waals surface area contributed by atoms with Crippen LogP contribution in [0.15, 0.2) is 87.9 Å². The minimum Gasteiger partial charge on any atom is -0.243 e. The van der Waals surface area contributed by atoms with Gasteiger partial charge in [0.1, 0.15) is 0 Å². The van der Waals surface area contributed by atoms with Crippen LogP contribution in [-0.2, 0) is 36.3 Å². The van der Waals surface area contributed by atoms with Crippen molar-refractivity contribution in [2.45, 2.75) is 46.0 Å². The summed E-state index contributed by atoms with van der Waals surface area (Å²) in [5.74, 6) is 0. The zero-order chi connectivity index (χ0) is 27.5. The Labute approximate surface area is 218 Å². The van der Waals surface area contributed by atoms with Crippen LogP contribution in [0.2, 0.25) is 0 Å². The maximum Gasteiger partial charge on any atom is 0.356 e. The van der Waals surface area contributed by atoms with E-state index in [0.717, 1.165) is 3.97 Å². The highest BCUT2D eigenvalue weighted by molar-refractivity contribution is 7.93. The molecule has 38 heavy (non-hydrogen) atoms. The molecule has 1 atom stereocenters. The van der Waals surface area contributed by atoms with Gasteiger partial charge in [-0.05, 0) is 60.4 Å². The van der Waals surface area contributed by atoms with E-state index >= 15 is 0 Å². The van der Waals surface area contributed by atoms with E-state index in [2.05, 4.69) is 4.98 Å². The number of benzene rings is 2. The first-order valence-corrected chi connectivity index (χ1v) is 15.7. The van der Waals surface area contributed by atoms with Gasteiger partial charge in [-0.15, -0.1) is 0 Å². The van der Waals surface area contributed by atoms with Gasteiger partial charge in [-0.1, -0.05) is 30.3 Å². The summed E-state index contributed by atoms with van der Waals surface area (Å²) < 4.78 is 108.